The molecular formula is C18H21N3O2S2. The normalized spacial score (nSPS) is 14.4. The first kappa shape index (κ1) is 17.9. The molecule has 1 N–H and O–H groups in total. The number of ether oxygens (including phenoxy) is 1. The number of carbonyl (C=O) groups is 1. The molecule has 1 amide bonds. The summed E-state index contributed by atoms with van der Waals surface area (Å²) in [6.45, 7) is 5.43. The molecule has 1 aromatic heterocycles. The number of hydrogen-bond acceptors (Lipinski definition) is 6. The average Bonchev–Trinajstić information content (AvgIpc) is 3.07. The molecule has 1 aliphatic carbocycles. The molecule has 1 aromatic carbocycles. The summed E-state index contributed by atoms with van der Waals surface area (Å²) in [7, 11) is 0. The molecule has 0 spiro atoms. The fourth-order valence-electron chi connectivity index (χ4n) is 2.76. The Hall–Kier alpha value is -1.86. The third-order valence-electron chi connectivity index (χ3n) is 3.99. The van der Waals surface area contributed by atoms with Crippen LogP contribution in [0.4, 0.5) is 5.13 Å². The Labute approximate surface area is 155 Å². The molecule has 1 atom stereocenters. The Morgan fingerprint density at radius 3 is 3.12 bits per heavy atom. The zero-order valence-electron chi connectivity index (χ0n) is 14.2. The lowest BCUT2D eigenvalue weighted by molar-refractivity contribution is -0.122. The number of aryl methyl sites for hydroxylation is 1. The summed E-state index contributed by atoms with van der Waals surface area (Å²) in [4.78, 5) is 12.4. The summed E-state index contributed by atoms with van der Waals surface area (Å²) in [5, 5.41) is 11.3. The zero-order chi connectivity index (χ0) is 17.6. The summed E-state index contributed by atoms with van der Waals surface area (Å²) in [6.07, 6.45) is 5.70. The van der Waals surface area contributed by atoms with Gasteiger partial charge in [-0.3, -0.25) is 10.1 Å². The van der Waals surface area contributed by atoms with Gasteiger partial charge in [-0.1, -0.05) is 41.3 Å². The molecule has 3 rings (SSSR count). The largest absolute Gasteiger partial charge is 0.481 e. The molecule has 0 saturated heterocycles. The summed E-state index contributed by atoms with van der Waals surface area (Å²) in [5.74, 6) is 1.37. The lowest BCUT2D eigenvalue weighted by Gasteiger charge is -2.21. The second-order valence-electron chi connectivity index (χ2n) is 5.82. The van der Waals surface area contributed by atoms with Crippen LogP contribution in [0.3, 0.4) is 0 Å². The molecule has 1 aliphatic rings. The summed E-state index contributed by atoms with van der Waals surface area (Å²) in [6, 6.07) is 6.09. The fourth-order valence-corrected chi connectivity index (χ4v) is 4.27. The predicted molar refractivity (Wildman–Crippen MR) is 103 cm³/mol. The fraction of sp³-hybridized carbons (Fsp3) is 0.389. The molecule has 1 unspecified atom stereocenters. The highest BCUT2D eigenvalue weighted by atomic mass is 32.2. The van der Waals surface area contributed by atoms with Gasteiger partial charge in [-0.05, 0) is 49.8 Å². The van der Waals surface area contributed by atoms with Crippen molar-refractivity contribution < 1.29 is 9.53 Å². The van der Waals surface area contributed by atoms with Crippen molar-refractivity contribution >= 4 is 34.1 Å². The molecule has 0 saturated carbocycles. The highest BCUT2D eigenvalue weighted by molar-refractivity contribution is 8.01. The van der Waals surface area contributed by atoms with Crippen molar-refractivity contribution in [3.63, 3.8) is 0 Å². The maximum atomic E-state index is 12.4. The van der Waals surface area contributed by atoms with Gasteiger partial charge in [0.05, 0.1) is 0 Å². The maximum Gasteiger partial charge on any atom is 0.266 e. The van der Waals surface area contributed by atoms with Crippen molar-refractivity contribution in [3.8, 4) is 5.75 Å². The predicted octanol–water partition coefficient (Wildman–Crippen LogP) is 4.10. The van der Waals surface area contributed by atoms with Crippen LogP contribution in [0.25, 0.3) is 0 Å². The van der Waals surface area contributed by atoms with Gasteiger partial charge in [0.25, 0.3) is 5.91 Å². The van der Waals surface area contributed by atoms with E-state index in [0.29, 0.717) is 5.13 Å². The number of nitrogens with one attached hydrogen (secondary N) is 1. The Kier molecular flexibility index (Phi) is 6.09. The molecule has 7 heteroatoms. The molecule has 25 heavy (non-hydrogen) atoms. The average molecular weight is 376 g/mol. The van der Waals surface area contributed by atoms with Crippen LogP contribution in [0.2, 0.25) is 0 Å². The topological polar surface area (TPSA) is 64.1 Å². The Morgan fingerprint density at radius 1 is 1.44 bits per heavy atom. The Balaban J connectivity index is 1.61. The van der Waals surface area contributed by atoms with E-state index in [1.807, 2.05) is 12.1 Å². The maximum absolute atomic E-state index is 12.4. The SMILES string of the molecule is C=CCSc1nnc(NC(=O)C(C)Oc2cccc3c2CCCC3)s1. The van der Waals surface area contributed by atoms with Crippen molar-refractivity contribution in [3.05, 3.63) is 42.0 Å². The first-order valence-electron chi connectivity index (χ1n) is 8.33. The van der Waals surface area contributed by atoms with E-state index < -0.39 is 6.10 Å². The van der Waals surface area contributed by atoms with Gasteiger partial charge in [0.1, 0.15) is 5.75 Å². The van der Waals surface area contributed by atoms with Crippen molar-refractivity contribution in [2.24, 2.45) is 0 Å². The molecule has 0 aliphatic heterocycles. The van der Waals surface area contributed by atoms with E-state index in [4.69, 9.17) is 4.74 Å². The molecule has 0 bridgehead atoms. The zero-order valence-corrected chi connectivity index (χ0v) is 15.8. The van der Waals surface area contributed by atoms with Gasteiger partial charge >= 0.3 is 0 Å². The second kappa shape index (κ2) is 8.49. The second-order valence-corrected chi connectivity index (χ2v) is 8.07. The smallest absolute Gasteiger partial charge is 0.266 e. The molecule has 132 valence electrons. The lowest BCUT2D eigenvalue weighted by atomic mass is 9.91. The van der Waals surface area contributed by atoms with E-state index in [9.17, 15) is 4.79 Å². The van der Waals surface area contributed by atoms with Gasteiger partial charge in [0, 0.05) is 5.75 Å². The lowest BCUT2D eigenvalue weighted by Crippen LogP contribution is -2.30. The quantitative estimate of drug-likeness (QED) is 0.448. The van der Waals surface area contributed by atoms with Crippen LogP contribution in [0.5, 0.6) is 5.75 Å². The first-order valence-corrected chi connectivity index (χ1v) is 10.1. The number of aromatic nitrogens is 2. The highest BCUT2D eigenvalue weighted by Gasteiger charge is 2.20. The van der Waals surface area contributed by atoms with Crippen molar-refractivity contribution in [1.29, 1.82) is 0 Å². The van der Waals surface area contributed by atoms with Crippen LogP contribution in [0.15, 0.2) is 35.2 Å². The number of hydrogen-bond donors (Lipinski definition) is 1. The van der Waals surface area contributed by atoms with Crippen LogP contribution in [-0.2, 0) is 17.6 Å². The molecule has 1 heterocycles. The molecule has 0 radical (unpaired) electrons. The van der Waals surface area contributed by atoms with Gasteiger partial charge < -0.3 is 4.74 Å². The highest BCUT2D eigenvalue weighted by Crippen LogP contribution is 2.30. The minimum Gasteiger partial charge on any atom is -0.481 e. The molecular weight excluding hydrogens is 354 g/mol. The van der Waals surface area contributed by atoms with Gasteiger partial charge in [-0.15, -0.1) is 16.8 Å². The van der Waals surface area contributed by atoms with E-state index in [-0.39, 0.29) is 5.91 Å². The Morgan fingerprint density at radius 2 is 2.28 bits per heavy atom. The third-order valence-corrected chi connectivity index (χ3v) is 5.96. The van der Waals surface area contributed by atoms with Gasteiger partial charge in [0.15, 0.2) is 10.4 Å². The molecule has 0 fully saturated rings. The van der Waals surface area contributed by atoms with Crippen molar-refractivity contribution in [2.45, 2.75) is 43.1 Å². The van der Waals surface area contributed by atoms with E-state index >= 15 is 0 Å². The van der Waals surface area contributed by atoms with Crippen LogP contribution >= 0.6 is 23.1 Å². The van der Waals surface area contributed by atoms with Gasteiger partial charge in [0.2, 0.25) is 5.13 Å². The summed E-state index contributed by atoms with van der Waals surface area (Å²) >= 11 is 2.89. The number of fused-ring (bicyclic) bond motifs is 1. The number of anilines is 1. The summed E-state index contributed by atoms with van der Waals surface area (Å²) in [5.41, 5.74) is 2.58. The van der Waals surface area contributed by atoms with Gasteiger partial charge in [-0.25, -0.2) is 0 Å². The number of nitrogens with zero attached hydrogens (tertiary/aromatic N) is 2. The van der Waals surface area contributed by atoms with E-state index in [2.05, 4.69) is 28.2 Å². The van der Waals surface area contributed by atoms with E-state index in [1.54, 1.807) is 13.0 Å². The first-order chi connectivity index (χ1) is 12.2. The summed E-state index contributed by atoms with van der Waals surface area (Å²) < 4.78 is 6.75. The monoisotopic (exact) mass is 375 g/mol. The minimum atomic E-state index is -0.596. The number of benzene rings is 1. The van der Waals surface area contributed by atoms with Gasteiger partial charge in [-0.2, -0.15) is 0 Å². The van der Waals surface area contributed by atoms with Crippen LogP contribution in [0.1, 0.15) is 30.9 Å². The molecule has 2 aromatic rings. The van der Waals surface area contributed by atoms with Crippen LogP contribution in [0, 0.1) is 0 Å². The number of amides is 1. The number of carbonyl (C=O) groups excluding carboxylic acids is 1. The van der Waals surface area contributed by atoms with E-state index in [1.165, 1.54) is 47.1 Å². The van der Waals surface area contributed by atoms with Crippen molar-refractivity contribution in [1.82, 2.24) is 10.2 Å². The van der Waals surface area contributed by atoms with E-state index in [0.717, 1.165) is 28.7 Å². The molecule has 5 nitrogen and oxygen atoms in total. The minimum absolute atomic E-state index is 0.218. The third kappa shape index (κ3) is 4.61. The Bertz CT molecular complexity index is 761. The van der Waals surface area contributed by atoms with Crippen molar-refractivity contribution in [2.75, 3.05) is 11.1 Å². The van der Waals surface area contributed by atoms with Crippen LogP contribution < -0.4 is 10.1 Å². The number of rotatable bonds is 7. The number of thioether (sulfide) groups is 1. The van der Waals surface area contributed by atoms with Crippen LogP contribution in [-0.4, -0.2) is 28.0 Å². The standard InChI is InChI=1S/C18H21N3O2S2/c1-3-11-24-18-21-20-17(25-18)19-16(22)12(2)23-15-10-6-8-13-7-4-5-9-14(13)15/h3,6,8,10,12H,1,4-5,7,9,11H2,2H3,(H,19,20,22).